The predicted molar refractivity (Wildman–Crippen MR) is 54.6 cm³/mol. The molecule has 0 aromatic heterocycles. The fourth-order valence-electron chi connectivity index (χ4n) is 1.29. The fourth-order valence-corrected chi connectivity index (χ4v) is 7.71. The standard InChI is InChI=1S/C7H3F11O4PS/c1-4(8,9)2(19)23(6(13,14)15,3(20)5(10,11)12)24(21,22)7(16,17)18/h1H3/q+1. The lowest BCUT2D eigenvalue weighted by Crippen LogP contribution is -2.48. The normalized spacial score (nSPS) is 17.3. The van der Waals surface area contributed by atoms with Gasteiger partial charge in [-0.3, -0.25) is 0 Å². The summed E-state index contributed by atoms with van der Waals surface area (Å²) < 4.78 is 160. The van der Waals surface area contributed by atoms with E-state index < -0.39 is 57.4 Å². The molecule has 0 fully saturated rings. The van der Waals surface area contributed by atoms with Crippen LogP contribution in [0.3, 0.4) is 0 Å². The number of carbonyl (C=O) groups excluding carboxylic acids is 2. The average molecular weight is 423 g/mol. The molecular weight excluding hydrogens is 420 g/mol. The summed E-state index contributed by atoms with van der Waals surface area (Å²) >= 11 is 0. The summed E-state index contributed by atoms with van der Waals surface area (Å²) in [5.41, 5.74) is -16.3. The average Bonchev–Trinajstić information content (AvgIpc) is 2.22. The number of hydrogen-bond donors (Lipinski definition) is 0. The molecule has 0 saturated heterocycles. The molecule has 0 aromatic rings. The van der Waals surface area contributed by atoms with Crippen LogP contribution < -0.4 is 0 Å². The van der Waals surface area contributed by atoms with Crippen molar-refractivity contribution in [2.24, 2.45) is 0 Å². The molecule has 0 aliphatic rings. The molecule has 0 bridgehead atoms. The van der Waals surface area contributed by atoms with Crippen LogP contribution in [-0.4, -0.2) is 43.0 Å². The lowest BCUT2D eigenvalue weighted by molar-refractivity contribution is -0.163. The largest absolute Gasteiger partial charge is 0.543 e. The number of hydrogen-bond acceptors (Lipinski definition) is 4. The molecular formula is C7H3F11O4PS+. The first-order valence-corrected chi connectivity index (χ1v) is 8.76. The highest BCUT2D eigenvalue weighted by Crippen LogP contribution is 2.81. The van der Waals surface area contributed by atoms with Gasteiger partial charge in [-0.1, -0.05) is 0 Å². The van der Waals surface area contributed by atoms with E-state index in [9.17, 15) is 66.3 Å². The smallest absolute Gasteiger partial charge is 0.244 e. The molecule has 0 saturated carbocycles. The Morgan fingerprint density at radius 2 is 1.08 bits per heavy atom. The summed E-state index contributed by atoms with van der Waals surface area (Å²) in [6.07, 6.45) is -6.97. The first kappa shape index (κ1) is 22.9. The molecule has 17 heteroatoms. The molecule has 0 amide bonds. The van der Waals surface area contributed by atoms with Crippen molar-refractivity contribution in [1.29, 1.82) is 0 Å². The summed E-state index contributed by atoms with van der Waals surface area (Å²) in [4.78, 5) is 22.0. The molecule has 0 heterocycles. The Bertz CT molecular complexity index is 609. The van der Waals surface area contributed by atoms with Gasteiger partial charge in [-0.25, -0.2) is 9.59 Å². The zero-order valence-electron chi connectivity index (χ0n) is 10.6. The third-order valence-corrected chi connectivity index (χ3v) is 10.4. The predicted octanol–water partition coefficient (Wildman–Crippen LogP) is 3.64. The third kappa shape index (κ3) is 3.34. The second-order valence-electron chi connectivity index (χ2n) is 3.99. The molecule has 0 N–H and O–H groups in total. The van der Waals surface area contributed by atoms with Gasteiger partial charge < -0.3 is 0 Å². The van der Waals surface area contributed by atoms with Gasteiger partial charge in [0.25, 0.3) is 0 Å². The molecule has 0 spiro atoms. The lowest BCUT2D eigenvalue weighted by atomic mass is 10.4. The van der Waals surface area contributed by atoms with Crippen LogP contribution in [0.25, 0.3) is 0 Å². The van der Waals surface area contributed by atoms with Crippen LogP contribution in [0.1, 0.15) is 6.92 Å². The van der Waals surface area contributed by atoms with Gasteiger partial charge in [-0.05, 0) is 0 Å². The van der Waals surface area contributed by atoms with Crippen LogP contribution in [0, 0.1) is 0 Å². The Kier molecular flexibility index (Phi) is 5.49. The first-order valence-electron chi connectivity index (χ1n) is 4.88. The van der Waals surface area contributed by atoms with Gasteiger partial charge in [0.1, 0.15) is 0 Å². The molecule has 4 nitrogen and oxygen atoms in total. The molecule has 1 unspecified atom stereocenters. The summed E-state index contributed by atoms with van der Waals surface area (Å²) in [5.74, 6) is -13.0. The molecule has 142 valence electrons. The maximum absolute atomic E-state index is 12.9. The van der Waals surface area contributed by atoms with Crippen molar-refractivity contribution in [3.05, 3.63) is 0 Å². The maximum atomic E-state index is 12.9. The molecule has 0 rings (SSSR count). The van der Waals surface area contributed by atoms with E-state index in [1.54, 1.807) is 0 Å². The van der Waals surface area contributed by atoms with Crippen LogP contribution in [0.15, 0.2) is 0 Å². The van der Waals surface area contributed by atoms with Crippen molar-refractivity contribution >= 4 is 27.0 Å². The van der Waals surface area contributed by atoms with Crippen molar-refractivity contribution in [2.45, 2.75) is 30.4 Å². The highest BCUT2D eigenvalue weighted by atomic mass is 32.8. The van der Waals surface area contributed by atoms with E-state index in [4.69, 9.17) is 0 Å². The van der Waals surface area contributed by atoms with E-state index in [0.717, 1.165) is 0 Å². The highest BCUT2D eigenvalue weighted by Gasteiger charge is 2.94. The molecule has 0 aromatic carbocycles. The second-order valence-corrected chi connectivity index (χ2v) is 11.0. The number of carbonyl (C=O) groups is 2. The molecule has 0 aliphatic heterocycles. The van der Waals surface area contributed by atoms with E-state index in [1.807, 2.05) is 0 Å². The topological polar surface area (TPSA) is 68.3 Å². The van der Waals surface area contributed by atoms with Crippen LogP contribution in [0.4, 0.5) is 48.3 Å². The Morgan fingerprint density at radius 1 is 0.750 bits per heavy atom. The van der Waals surface area contributed by atoms with Gasteiger partial charge in [0.05, 0.1) is 0 Å². The van der Waals surface area contributed by atoms with Crippen molar-refractivity contribution in [3.63, 3.8) is 0 Å². The van der Waals surface area contributed by atoms with E-state index in [-0.39, 0.29) is 0 Å². The SMILES string of the molecule is CC(F)(F)C(=O)[P+](C(=O)C(F)(F)F)(C(F)(F)F)S(=O)(=O)C(F)(F)F. The summed E-state index contributed by atoms with van der Waals surface area (Å²) in [6, 6.07) is 0. The number of alkyl halides is 11. The summed E-state index contributed by atoms with van der Waals surface area (Å²) in [7, 11) is -8.34. The van der Waals surface area contributed by atoms with Gasteiger partial charge >= 0.3 is 50.5 Å². The van der Waals surface area contributed by atoms with Gasteiger partial charge in [0, 0.05) is 6.92 Å². The Balaban J connectivity index is 7.41. The number of rotatable bonds is 4. The lowest BCUT2D eigenvalue weighted by Gasteiger charge is -2.26. The second kappa shape index (κ2) is 5.75. The molecule has 0 aliphatic carbocycles. The zero-order valence-corrected chi connectivity index (χ0v) is 12.4. The Morgan fingerprint density at radius 3 is 1.25 bits per heavy atom. The van der Waals surface area contributed by atoms with E-state index in [2.05, 4.69) is 0 Å². The van der Waals surface area contributed by atoms with Crippen LogP contribution in [0.2, 0.25) is 0 Å². The molecule has 1 atom stereocenters. The Labute approximate surface area is 125 Å². The molecule has 0 radical (unpaired) electrons. The van der Waals surface area contributed by atoms with Crippen molar-refractivity contribution in [3.8, 4) is 0 Å². The third-order valence-electron chi connectivity index (χ3n) is 2.20. The quantitative estimate of drug-likeness (QED) is 0.512. The zero-order chi connectivity index (χ0) is 20.2. The van der Waals surface area contributed by atoms with Gasteiger partial charge in [0.2, 0.25) is 0 Å². The molecule has 24 heavy (non-hydrogen) atoms. The van der Waals surface area contributed by atoms with Crippen LogP contribution in [0.5, 0.6) is 0 Å². The van der Waals surface area contributed by atoms with Gasteiger partial charge in [0.15, 0.2) is 0 Å². The minimum absolute atomic E-state index is 0.870. The van der Waals surface area contributed by atoms with Crippen LogP contribution >= 0.6 is 6.46 Å². The van der Waals surface area contributed by atoms with E-state index in [1.165, 1.54) is 0 Å². The van der Waals surface area contributed by atoms with Crippen molar-refractivity contribution < 1.29 is 66.3 Å². The number of halogens is 11. The maximum Gasteiger partial charge on any atom is 0.543 e. The minimum Gasteiger partial charge on any atom is -0.244 e. The fraction of sp³-hybridized carbons (Fsp3) is 0.714. The van der Waals surface area contributed by atoms with E-state index >= 15 is 0 Å². The highest BCUT2D eigenvalue weighted by molar-refractivity contribution is 8.68. The first-order chi connectivity index (χ1) is 10.1. The summed E-state index contributed by atoms with van der Waals surface area (Å²) in [6.45, 7) is -9.60. The van der Waals surface area contributed by atoms with Crippen molar-refractivity contribution in [2.75, 3.05) is 0 Å². The summed E-state index contributed by atoms with van der Waals surface area (Å²) in [5, 5.41) is 0. The minimum atomic E-state index is -8.74. The monoisotopic (exact) mass is 423 g/mol. The van der Waals surface area contributed by atoms with Gasteiger partial charge in [-0.15, -0.1) is 13.2 Å². The van der Waals surface area contributed by atoms with Gasteiger partial charge in [-0.2, -0.15) is 43.5 Å². The van der Waals surface area contributed by atoms with Crippen molar-refractivity contribution in [1.82, 2.24) is 0 Å². The van der Waals surface area contributed by atoms with E-state index in [0.29, 0.717) is 0 Å². The van der Waals surface area contributed by atoms with Crippen LogP contribution in [-0.2, 0) is 19.0 Å². The Hall–Kier alpha value is -1.05.